The molecule has 0 saturated carbocycles. The fourth-order valence-electron chi connectivity index (χ4n) is 1.30. The van der Waals surface area contributed by atoms with E-state index in [0.717, 1.165) is 16.9 Å². The number of nitrogens with zero attached hydrogens (tertiary/aromatic N) is 2. The van der Waals surface area contributed by atoms with Gasteiger partial charge in [-0.05, 0) is 17.7 Å². The first-order chi connectivity index (χ1) is 7.40. The lowest BCUT2D eigenvalue weighted by Crippen LogP contribution is -1.93. The molecule has 0 aliphatic heterocycles. The van der Waals surface area contributed by atoms with Gasteiger partial charge in [0.05, 0.1) is 24.6 Å². The van der Waals surface area contributed by atoms with Crippen molar-refractivity contribution in [2.45, 2.75) is 0 Å². The molecule has 0 amide bonds. The zero-order chi connectivity index (χ0) is 10.5. The van der Waals surface area contributed by atoms with Gasteiger partial charge in [-0.1, -0.05) is 12.1 Å². The first-order valence-corrected chi connectivity index (χ1v) is 4.66. The molecule has 2 aromatic rings. The highest BCUT2D eigenvalue weighted by molar-refractivity contribution is 5.85. The van der Waals surface area contributed by atoms with E-state index in [-0.39, 0.29) is 24.8 Å². The van der Waals surface area contributed by atoms with Crippen LogP contribution in [0.3, 0.4) is 0 Å². The number of hydrogen-bond donors (Lipinski definition) is 2. The summed E-state index contributed by atoms with van der Waals surface area (Å²) in [5, 5.41) is 3.05. The highest BCUT2D eigenvalue weighted by atomic mass is 35.5. The molecule has 0 spiro atoms. The molecule has 92 valence electrons. The summed E-state index contributed by atoms with van der Waals surface area (Å²) in [6.45, 7) is 0. The summed E-state index contributed by atoms with van der Waals surface area (Å²) >= 11 is 0. The molecule has 0 unspecified atom stereocenters. The Morgan fingerprint density at radius 3 is 2.47 bits per heavy atom. The standard InChI is InChI=1S/C11H12N4.2ClH/c1-12-7-14-10-4-2-9(3-5-10)11-6-13-8-15-11;;/h2-8H,1H3,(H,12,14)(H,13,15);2*1H. The van der Waals surface area contributed by atoms with E-state index in [1.807, 2.05) is 24.3 Å². The summed E-state index contributed by atoms with van der Waals surface area (Å²) in [6, 6.07) is 8.05. The predicted octanol–water partition coefficient (Wildman–Crippen LogP) is 2.99. The van der Waals surface area contributed by atoms with E-state index in [1.165, 1.54) is 0 Å². The van der Waals surface area contributed by atoms with Crippen LogP contribution in [0.2, 0.25) is 0 Å². The predicted molar refractivity (Wildman–Crippen MR) is 76.6 cm³/mol. The second kappa shape index (κ2) is 7.70. The van der Waals surface area contributed by atoms with Crippen molar-refractivity contribution in [1.82, 2.24) is 9.97 Å². The summed E-state index contributed by atoms with van der Waals surface area (Å²) in [5.74, 6) is 0. The van der Waals surface area contributed by atoms with E-state index in [1.54, 1.807) is 25.9 Å². The summed E-state index contributed by atoms with van der Waals surface area (Å²) < 4.78 is 0. The minimum absolute atomic E-state index is 0. The first kappa shape index (κ1) is 15.5. The van der Waals surface area contributed by atoms with Gasteiger partial charge in [0.2, 0.25) is 0 Å². The molecule has 0 saturated heterocycles. The number of anilines is 1. The Bertz CT molecular complexity index is 437. The molecule has 0 aliphatic rings. The monoisotopic (exact) mass is 272 g/mol. The van der Waals surface area contributed by atoms with Gasteiger partial charge in [0.25, 0.3) is 0 Å². The van der Waals surface area contributed by atoms with Gasteiger partial charge in [-0.2, -0.15) is 0 Å². The van der Waals surface area contributed by atoms with Crippen LogP contribution in [0.15, 0.2) is 41.8 Å². The number of rotatable bonds is 3. The fourth-order valence-corrected chi connectivity index (χ4v) is 1.30. The maximum absolute atomic E-state index is 3.98. The molecule has 4 nitrogen and oxygen atoms in total. The Kier molecular flexibility index (Phi) is 7.02. The Morgan fingerprint density at radius 2 is 1.94 bits per heavy atom. The molecule has 6 heteroatoms. The molecule has 2 rings (SSSR count). The molecular weight excluding hydrogens is 259 g/mol. The van der Waals surface area contributed by atoms with Crippen LogP contribution in [-0.2, 0) is 0 Å². The molecule has 0 aliphatic carbocycles. The number of H-pyrrole nitrogens is 1. The number of halogens is 2. The Balaban J connectivity index is 0.00000128. The topological polar surface area (TPSA) is 53.1 Å². The largest absolute Gasteiger partial charge is 0.347 e. The van der Waals surface area contributed by atoms with Crippen molar-refractivity contribution in [3.8, 4) is 11.3 Å². The third-order valence-corrected chi connectivity index (χ3v) is 2.05. The van der Waals surface area contributed by atoms with Crippen LogP contribution in [0.25, 0.3) is 11.3 Å². The maximum Gasteiger partial charge on any atom is 0.0924 e. The molecule has 1 heterocycles. The molecule has 0 fully saturated rings. The van der Waals surface area contributed by atoms with E-state index < -0.39 is 0 Å². The van der Waals surface area contributed by atoms with Crippen LogP contribution in [0.4, 0.5) is 5.69 Å². The van der Waals surface area contributed by atoms with Crippen molar-refractivity contribution in [2.75, 3.05) is 12.4 Å². The van der Waals surface area contributed by atoms with E-state index in [0.29, 0.717) is 0 Å². The summed E-state index contributed by atoms with van der Waals surface area (Å²) in [6.07, 6.45) is 5.13. The van der Waals surface area contributed by atoms with Gasteiger partial charge in [0.1, 0.15) is 0 Å². The number of imidazole rings is 1. The summed E-state index contributed by atoms with van der Waals surface area (Å²) in [5.41, 5.74) is 3.15. The molecule has 0 bridgehead atoms. The van der Waals surface area contributed by atoms with Crippen LogP contribution < -0.4 is 5.32 Å². The van der Waals surface area contributed by atoms with Crippen LogP contribution in [0.1, 0.15) is 0 Å². The SMILES string of the molecule is CN=CNc1ccc(-c2cnc[nH]2)cc1.Cl.Cl. The van der Waals surface area contributed by atoms with E-state index in [2.05, 4.69) is 20.3 Å². The van der Waals surface area contributed by atoms with E-state index in [4.69, 9.17) is 0 Å². The maximum atomic E-state index is 3.98. The second-order valence-electron chi connectivity index (χ2n) is 3.07. The van der Waals surface area contributed by atoms with Gasteiger partial charge < -0.3 is 10.3 Å². The molecule has 2 N–H and O–H groups in total. The van der Waals surface area contributed by atoms with Gasteiger partial charge in [0, 0.05) is 12.7 Å². The van der Waals surface area contributed by atoms with Gasteiger partial charge in [-0.3, -0.25) is 4.99 Å². The Morgan fingerprint density at radius 1 is 1.24 bits per heavy atom. The smallest absolute Gasteiger partial charge is 0.0924 e. The van der Waals surface area contributed by atoms with Crippen molar-refractivity contribution in [2.24, 2.45) is 4.99 Å². The van der Waals surface area contributed by atoms with Crippen molar-refractivity contribution in [1.29, 1.82) is 0 Å². The summed E-state index contributed by atoms with van der Waals surface area (Å²) in [7, 11) is 1.73. The van der Waals surface area contributed by atoms with Gasteiger partial charge in [0.15, 0.2) is 0 Å². The van der Waals surface area contributed by atoms with Gasteiger partial charge in [-0.15, -0.1) is 24.8 Å². The fraction of sp³-hybridized carbons (Fsp3) is 0.0909. The van der Waals surface area contributed by atoms with Crippen molar-refractivity contribution >= 4 is 36.8 Å². The van der Waals surface area contributed by atoms with E-state index >= 15 is 0 Å². The third kappa shape index (κ3) is 4.09. The van der Waals surface area contributed by atoms with Crippen LogP contribution in [-0.4, -0.2) is 23.4 Å². The van der Waals surface area contributed by atoms with E-state index in [9.17, 15) is 0 Å². The first-order valence-electron chi connectivity index (χ1n) is 4.66. The highest BCUT2D eigenvalue weighted by Gasteiger charge is 1.97. The van der Waals surface area contributed by atoms with Crippen LogP contribution >= 0.6 is 24.8 Å². The average molecular weight is 273 g/mol. The number of aromatic nitrogens is 2. The lowest BCUT2D eigenvalue weighted by molar-refractivity contribution is 1.31. The number of nitrogens with one attached hydrogen (secondary N) is 2. The minimum atomic E-state index is 0. The van der Waals surface area contributed by atoms with Crippen LogP contribution in [0, 0.1) is 0 Å². The normalized spacial score (nSPS) is 9.47. The van der Waals surface area contributed by atoms with Gasteiger partial charge >= 0.3 is 0 Å². The van der Waals surface area contributed by atoms with Crippen molar-refractivity contribution in [3.63, 3.8) is 0 Å². The van der Waals surface area contributed by atoms with Gasteiger partial charge in [-0.25, -0.2) is 4.98 Å². The minimum Gasteiger partial charge on any atom is -0.347 e. The van der Waals surface area contributed by atoms with Crippen molar-refractivity contribution < 1.29 is 0 Å². The average Bonchev–Trinajstić information content (AvgIpc) is 2.80. The Labute approximate surface area is 112 Å². The molecule has 1 aromatic carbocycles. The molecular formula is C11H14Cl2N4. The van der Waals surface area contributed by atoms with Crippen LogP contribution in [0.5, 0.6) is 0 Å². The number of aliphatic imine (C=N–C) groups is 1. The zero-order valence-electron chi connectivity index (χ0n) is 9.25. The third-order valence-electron chi connectivity index (χ3n) is 2.05. The number of aromatic amines is 1. The zero-order valence-corrected chi connectivity index (χ0v) is 10.9. The Hall–Kier alpha value is -1.52. The summed E-state index contributed by atoms with van der Waals surface area (Å²) in [4.78, 5) is 10.9. The lowest BCUT2D eigenvalue weighted by Gasteiger charge is -2.01. The quantitative estimate of drug-likeness (QED) is 0.667. The number of benzene rings is 1. The molecule has 1 aromatic heterocycles. The highest BCUT2D eigenvalue weighted by Crippen LogP contribution is 2.18. The molecule has 0 radical (unpaired) electrons. The second-order valence-corrected chi connectivity index (χ2v) is 3.07. The number of hydrogen-bond acceptors (Lipinski definition) is 2. The molecule has 17 heavy (non-hydrogen) atoms. The molecule has 0 atom stereocenters. The van der Waals surface area contributed by atoms with Crippen molar-refractivity contribution in [3.05, 3.63) is 36.8 Å². The lowest BCUT2D eigenvalue weighted by atomic mass is 10.1.